The Morgan fingerprint density at radius 2 is 1.75 bits per heavy atom. The highest BCUT2D eigenvalue weighted by atomic mass is 28.4. The average Bonchev–Trinajstić information content (AvgIpc) is 2.75. The molecule has 0 aliphatic carbocycles. The van der Waals surface area contributed by atoms with Gasteiger partial charge in [-0.3, -0.25) is 0 Å². The van der Waals surface area contributed by atoms with Crippen molar-refractivity contribution in [1.29, 1.82) is 0 Å². The van der Waals surface area contributed by atoms with Crippen LogP contribution in [0.25, 0.3) is 0 Å². The van der Waals surface area contributed by atoms with E-state index in [1.165, 1.54) is 30.5 Å². The summed E-state index contributed by atoms with van der Waals surface area (Å²) >= 11 is 0. The maximum atomic E-state index is 6.15. The van der Waals surface area contributed by atoms with E-state index < -0.39 is 8.32 Å². The van der Waals surface area contributed by atoms with Gasteiger partial charge < -0.3 is 9.16 Å². The largest absolute Gasteiger partial charge is 0.497 e. The van der Waals surface area contributed by atoms with Crippen LogP contribution in [0, 0.1) is 0 Å². The topological polar surface area (TPSA) is 18.5 Å². The summed E-state index contributed by atoms with van der Waals surface area (Å²) in [4.78, 5) is 0. The van der Waals surface area contributed by atoms with Crippen LogP contribution in [0.4, 0.5) is 0 Å². The molecule has 1 aliphatic heterocycles. The summed E-state index contributed by atoms with van der Waals surface area (Å²) in [6.07, 6.45) is 2.73. The molecule has 2 nitrogen and oxygen atoms in total. The minimum absolute atomic E-state index is 0.771. The average molecular weight is 236 g/mol. The molecule has 0 saturated carbocycles. The van der Waals surface area contributed by atoms with Gasteiger partial charge in [-0.1, -0.05) is 25.0 Å². The molecule has 0 aromatic heterocycles. The number of rotatable bonds is 4. The van der Waals surface area contributed by atoms with Gasteiger partial charge in [0, 0.05) is 0 Å². The van der Waals surface area contributed by atoms with Crippen molar-refractivity contribution in [1.82, 2.24) is 0 Å². The van der Waals surface area contributed by atoms with Crippen molar-refractivity contribution in [2.24, 2.45) is 0 Å². The van der Waals surface area contributed by atoms with Crippen LogP contribution in [-0.2, 0) is 11.0 Å². The second kappa shape index (κ2) is 5.02. The first-order valence-corrected chi connectivity index (χ1v) is 8.81. The van der Waals surface area contributed by atoms with E-state index >= 15 is 0 Å². The van der Waals surface area contributed by atoms with Crippen molar-refractivity contribution in [3.63, 3.8) is 0 Å². The van der Waals surface area contributed by atoms with Gasteiger partial charge in [0.15, 0.2) is 8.32 Å². The van der Waals surface area contributed by atoms with Crippen LogP contribution in [-0.4, -0.2) is 15.4 Å². The molecule has 2 rings (SSSR count). The molecule has 0 bridgehead atoms. The fraction of sp³-hybridized carbons (Fsp3) is 0.538. The van der Waals surface area contributed by atoms with Gasteiger partial charge in [-0.2, -0.15) is 0 Å². The molecule has 88 valence electrons. The molecule has 16 heavy (non-hydrogen) atoms. The predicted molar refractivity (Wildman–Crippen MR) is 68.2 cm³/mol. The van der Waals surface area contributed by atoms with Crippen LogP contribution in [0.15, 0.2) is 24.3 Å². The van der Waals surface area contributed by atoms with Crippen molar-refractivity contribution >= 4 is 8.32 Å². The highest BCUT2D eigenvalue weighted by molar-refractivity contribution is 6.73. The number of hydrogen-bond donors (Lipinski definition) is 0. The second-order valence-electron chi connectivity index (χ2n) is 4.79. The summed E-state index contributed by atoms with van der Waals surface area (Å²) in [5.74, 6) is 0.910. The Labute approximate surface area is 98.7 Å². The monoisotopic (exact) mass is 236 g/mol. The Balaban J connectivity index is 1.89. The minimum Gasteiger partial charge on any atom is -0.497 e. The lowest BCUT2D eigenvalue weighted by Gasteiger charge is -2.21. The molecule has 0 unspecified atom stereocenters. The molecule has 0 amide bonds. The number of benzene rings is 1. The van der Waals surface area contributed by atoms with Gasteiger partial charge in [-0.05, 0) is 36.3 Å². The summed E-state index contributed by atoms with van der Waals surface area (Å²) in [5.41, 5.74) is 1.25. The van der Waals surface area contributed by atoms with Gasteiger partial charge >= 0.3 is 0 Å². The van der Waals surface area contributed by atoms with E-state index in [9.17, 15) is 0 Å². The van der Waals surface area contributed by atoms with Gasteiger partial charge in [0.25, 0.3) is 0 Å². The van der Waals surface area contributed by atoms with E-state index in [0.29, 0.717) is 0 Å². The Bertz CT molecular complexity index is 328. The smallest absolute Gasteiger partial charge is 0.190 e. The maximum absolute atomic E-state index is 6.15. The van der Waals surface area contributed by atoms with E-state index in [0.717, 1.165) is 12.4 Å². The molecule has 1 fully saturated rings. The quantitative estimate of drug-likeness (QED) is 0.744. The summed E-state index contributed by atoms with van der Waals surface area (Å²) < 4.78 is 11.3. The number of hydrogen-bond acceptors (Lipinski definition) is 2. The number of methoxy groups -OCH3 is 1. The lowest BCUT2D eigenvalue weighted by molar-refractivity contribution is 0.294. The molecule has 0 N–H and O–H groups in total. The zero-order valence-electron chi connectivity index (χ0n) is 10.2. The van der Waals surface area contributed by atoms with Gasteiger partial charge in [0.1, 0.15) is 5.75 Å². The Morgan fingerprint density at radius 3 is 2.31 bits per heavy atom. The fourth-order valence-corrected chi connectivity index (χ4v) is 5.30. The zero-order valence-corrected chi connectivity index (χ0v) is 11.2. The molecule has 1 aliphatic rings. The standard InChI is InChI=1S/C13H20O2Si/c1-14-13-7-5-12(6-8-13)11-15-16(2)9-3-4-10-16/h5-8H,3-4,9-11H2,1-2H3. The van der Waals surface area contributed by atoms with E-state index in [1.807, 2.05) is 12.1 Å². The van der Waals surface area contributed by atoms with E-state index in [-0.39, 0.29) is 0 Å². The Hall–Kier alpha value is -0.803. The van der Waals surface area contributed by atoms with Gasteiger partial charge in [0.2, 0.25) is 0 Å². The van der Waals surface area contributed by atoms with Crippen LogP contribution in [0.5, 0.6) is 5.75 Å². The third kappa shape index (κ3) is 2.86. The molecule has 1 aromatic rings. The first-order chi connectivity index (χ1) is 7.72. The van der Waals surface area contributed by atoms with Crippen molar-refractivity contribution in [3.8, 4) is 5.75 Å². The van der Waals surface area contributed by atoms with Crippen molar-refractivity contribution in [2.45, 2.75) is 38.1 Å². The Kier molecular flexibility index (Phi) is 3.66. The van der Waals surface area contributed by atoms with Crippen molar-refractivity contribution in [2.75, 3.05) is 7.11 Å². The maximum Gasteiger partial charge on any atom is 0.190 e. The molecule has 1 saturated heterocycles. The molecule has 0 radical (unpaired) electrons. The van der Waals surface area contributed by atoms with Gasteiger partial charge in [0.05, 0.1) is 13.7 Å². The lowest BCUT2D eigenvalue weighted by atomic mass is 10.2. The highest BCUT2D eigenvalue weighted by Crippen LogP contribution is 2.31. The van der Waals surface area contributed by atoms with E-state index in [4.69, 9.17) is 9.16 Å². The van der Waals surface area contributed by atoms with Crippen LogP contribution in [0.1, 0.15) is 18.4 Å². The Morgan fingerprint density at radius 1 is 1.12 bits per heavy atom. The molecule has 1 heterocycles. The normalized spacial score (nSPS) is 18.6. The SMILES string of the molecule is COc1ccc(CO[Si]2(C)CCCC2)cc1. The third-order valence-electron chi connectivity index (χ3n) is 3.41. The molecule has 0 atom stereocenters. The van der Waals surface area contributed by atoms with E-state index in [2.05, 4.69) is 18.7 Å². The summed E-state index contributed by atoms with van der Waals surface area (Å²) in [5, 5.41) is 0. The summed E-state index contributed by atoms with van der Waals surface area (Å²) in [6.45, 7) is 3.14. The molecular weight excluding hydrogens is 216 g/mol. The highest BCUT2D eigenvalue weighted by Gasteiger charge is 2.32. The minimum atomic E-state index is -1.32. The summed E-state index contributed by atoms with van der Waals surface area (Å²) in [7, 11) is 0.370. The predicted octanol–water partition coefficient (Wildman–Crippen LogP) is 3.58. The van der Waals surface area contributed by atoms with Gasteiger partial charge in [-0.15, -0.1) is 0 Å². The molecule has 0 spiro atoms. The molecule has 1 aromatic carbocycles. The second-order valence-corrected chi connectivity index (χ2v) is 8.98. The van der Waals surface area contributed by atoms with Crippen LogP contribution in [0.3, 0.4) is 0 Å². The van der Waals surface area contributed by atoms with Crippen molar-refractivity contribution < 1.29 is 9.16 Å². The zero-order chi connectivity index (χ0) is 11.4. The first kappa shape index (κ1) is 11.7. The van der Waals surface area contributed by atoms with Crippen LogP contribution in [0.2, 0.25) is 18.6 Å². The van der Waals surface area contributed by atoms with E-state index in [1.54, 1.807) is 7.11 Å². The molecular formula is C13H20O2Si. The lowest BCUT2D eigenvalue weighted by Crippen LogP contribution is -2.29. The fourth-order valence-electron chi connectivity index (χ4n) is 2.25. The third-order valence-corrected chi connectivity index (χ3v) is 7.07. The van der Waals surface area contributed by atoms with Crippen LogP contribution < -0.4 is 4.74 Å². The summed E-state index contributed by atoms with van der Waals surface area (Å²) in [6, 6.07) is 10.8. The number of ether oxygens (including phenoxy) is 1. The van der Waals surface area contributed by atoms with Crippen LogP contribution >= 0.6 is 0 Å². The molecule has 3 heteroatoms. The van der Waals surface area contributed by atoms with Crippen molar-refractivity contribution in [3.05, 3.63) is 29.8 Å². The first-order valence-electron chi connectivity index (χ1n) is 5.99. The van der Waals surface area contributed by atoms with Gasteiger partial charge in [-0.25, -0.2) is 0 Å².